The van der Waals surface area contributed by atoms with E-state index in [-0.39, 0.29) is 0 Å². The van der Waals surface area contributed by atoms with Gasteiger partial charge in [0.2, 0.25) is 0 Å². The summed E-state index contributed by atoms with van der Waals surface area (Å²) in [6.07, 6.45) is 7.99. The van der Waals surface area contributed by atoms with Crippen molar-refractivity contribution in [2.75, 3.05) is 0 Å². The standard InChI is InChI=1S/C15H15N5/c1-2-11(1)18-10-12-5-8-20(19-12)13-3-4-14-15(9-13)17-7-6-16-14/h3-9,11,18H,1-2,10H2. The van der Waals surface area contributed by atoms with E-state index >= 15 is 0 Å². The third kappa shape index (κ3) is 2.28. The molecule has 0 spiro atoms. The minimum atomic E-state index is 0.705. The number of hydrogen-bond acceptors (Lipinski definition) is 4. The number of hydrogen-bond donors (Lipinski definition) is 1. The fraction of sp³-hybridized carbons (Fsp3) is 0.267. The molecule has 0 atom stereocenters. The van der Waals surface area contributed by atoms with E-state index in [4.69, 9.17) is 0 Å². The molecule has 5 nitrogen and oxygen atoms in total. The van der Waals surface area contributed by atoms with Crippen LogP contribution in [0.1, 0.15) is 18.5 Å². The SMILES string of the molecule is c1cnc2cc(-n3ccc(CNC4CC4)n3)ccc2n1. The summed E-state index contributed by atoms with van der Waals surface area (Å²) in [7, 11) is 0. The van der Waals surface area contributed by atoms with Crippen molar-refractivity contribution in [2.24, 2.45) is 0 Å². The Labute approximate surface area is 116 Å². The lowest BCUT2D eigenvalue weighted by Gasteiger charge is -2.03. The van der Waals surface area contributed by atoms with Crippen LogP contribution in [0.2, 0.25) is 0 Å². The van der Waals surface area contributed by atoms with E-state index in [2.05, 4.69) is 26.4 Å². The molecule has 100 valence electrons. The van der Waals surface area contributed by atoms with E-state index in [9.17, 15) is 0 Å². The summed E-state index contributed by atoms with van der Waals surface area (Å²) >= 11 is 0. The van der Waals surface area contributed by atoms with Crippen LogP contribution in [0.15, 0.2) is 42.9 Å². The number of benzene rings is 1. The van der Waals surface area contributed by atoms with Gasteiger partial charge in [0.05, 0.1) is 22.4 Å². The number of fused-ring (bicyclic) bond motifs is 1. The predicted octanol–water partition coefficient (Wildman–Crippen LogP) is 2.07. The van der Waals surface area contributed by atoms with Crippen molar-refractivity contribution in [3.8, 4) is 5.69 Å². The van der Waals surface area contributed by atoms with Gasteiger partial charge in [-0.2, -0.15) is 5.10 Å². The zero-order valence-electron chi connectivity index (χ0n) is 11.0. The van der Waals surface area contributed by atoms with Crippen LogP contribution < -0.4 is 5.32 Å². The molecular weight excluding hydrogens is 250 g/mol. The van der Waals surface area contributed by atoms with Gasteiger partial charge in [-0.05, 0) is 37.1 Å². The van der Waals surface area contributed by atoms with Crippen LogP contribution in [0.5, 0.6) is 0 Å². The van der Waals surface area contributed by atoms with Crippen molar-refractivity contribution < 1.29 is 0 Å². The Balaban J connectivity index is 1.60. The van der Waals surface area contributed by atoms with E-state index in [0.29, 0.717) is 6.04 Å². The highest BCUT2D eigenvalue weighted by molar-refractivity contribution is 5.76. The Bertz CT molecular complexity index is 745. The predicted molar refractivity (Wildman–Crippen MR) is 76.5 cm³/mol. The first kappa shape index (κ1) is 11.5. The molecular formula is C15H15N5. The highest BCUT2D eigenvalue weighted by atomic mass is 15.3. The van der Waals surface area contributed by atoms with E-state index in [1.54, 1.807) is 12.4 Å². The minimum Gasteiger partial charge on any atom is -0.308 e. The molecule has 3 aromatic rings. The summed E-state index contributed by atoms with van der Waals surface area (Å²) < 4.78 is 1.89. The van der Waals surface area contributed by atoms with Crippen molar-refractivity contribution in [3.63, 3.8) is 0 Å². The Hall–Kier alpha value is -2.27. The first-order valence-corrected chi connectivity index (χ1v) is 6.87. The number of rotatable bonds is 4. The molecule has 4 rings (SSSR count). The summed E-state index contributed by atoms with van der Waals surface area (Å²) in [6, 6.07) is 8.75. The van der Waals surface area contributed by atoms with Crippen LogP contribution in [0.3, 0.4) is 0 Å². The third-order valence-corrected chi connectivity index (χ3v) is 3.51. The van der Waals surface area contributed by atoms with Gasteiger partial charge in [-0.15, -0.1) is 0 Å². The molecule has 1 aliphatic rings. The molecule has 1 N–H and O–H groups in total. The van der Waals surface area contributed by atoms with Crippen molar-refractivity contribution in [3.05, 3.63) is 48.5 Å². The molecule has 20 heavy (non-hydrogen) atoms. The van der Waals surface area contributed by atoms with Gasteiger partial charge in [0, 0.05) is 31.2 Å². The maximum Gasteiger partial charge on any atom is 0.0908 e. The van der Waals surface area contributed by atoms with Crippen LogP contribution in [-0.2, 0) is 6.54 Å². The lowest BCUT2D eigenvalue weighted by atomic mass is 10.2. The molecule has 0 saturated heterocycles. The van der Waals surface area contributed by atoms with Gasteiger partial charge in [-0.25, -0.2) is 4.68 Å². The van der Waals surface area contributed by atoms with Gasteiger partial charge < -0.3 is 5.32 Å². The van der Waals surface area contributed by atoms with Crippen molar-refractivity contribution in [1.82, 2.24) is 25.1 Å². The quantitative estimate of drug-likeness (QED) is 0.784. The maximum absolute atomic E-state index is 4.59. The normalized spacial score (nSPS) is 14.8. The highest BCUT2D eigenvalue weighted by Crippen LogP contribution is 2.19. The summed E-state index contributed by atoms with van der Waals surface area (Å²) in [5.41, 5.74) is 3.86. The molecule has 0 bridgehead atoms. The molecule has 1 aromatic carbocycles. The lowest BCUT2D eigenvalue weighted by molar-refractivity contribution is 0.665. The number of nitrogens with one attached hydrogen (secondary N) is 1. The molecule has 1 fully saturated rings. The fourth-order valence-electron chi connectivity index (χ4n) is 2.23. The Morgan fingerprint density at radius 1 is 1.10 bits per heavy atom. The van der Waals surface area contributed by atoms with Gasteiger partial charge in [-0.1, -0.05) is 0 Å². The van der Waals surface area contributed by atoms with Crippen molar-refractivity contribution in [2.45, 2.75) is 25.4 Å². The Morgan fingerprint density at radius 3 is 2.80 bits per heavy atom. The average molecular weight is 265 g/mol. The van der Waals surface area contributed by atoms with E-state index in [1.165, 1.54) is 12.8 Å². The Morgan fingerprint density at radius 2 is 1.95 bits per heavy atom. The van der Waals surface area contributed by atoms with Gasteiger partial charge in [-0.3, -0.25) is 9.97 Å². The highest BCUT2D eigenvalue weighted by Gasteiger charge is 2.20. The zero-order chi connectivity index (χ0) is 13.4. The second-order valence-corrected chi connectivity index (χ2v) is 5.14. The first-order valence-electron chi connectivity index (χ1n) is 6.87. The lowest BCUT2D eigenvalue weighted by Crippen LogP contribution is -2.15. The van der Waals surface area contributed by atoms with Gasteiger partial charge in [0.25, 0.3) is 0 Å². The van der Waals surface area contributed by atoms with E-state index < -0.39 is 0 Å². The molecule has 0 amide bonds. The van der Waals surface area contributed by atoms with E-state index in [1.807, 2.05) is 29.1 Å². The fourth-order valence-corrected chi connectivity index (χ4v) is 2.23. The minimum absolute atomic E-state index is 0.705. The van der Waals surface area contributed by atoms with Crippen LogP contribution >= 0.6 is 0 Å². The Kier molecular flexibility index (Phi) is 2.70. The first-order chi connectivity index (χ1) is 9.88. The molecule has 2 aromatic heterocycles. The van der Waals surface area contributed by atoms with Crippen LogP contribution in [0, 0.1) is 0 Å². The van der Waals surface area contributed by atoms with Crippen molar-refractivity contribution in [1.29, 1.82) is 0 Å². The number of nitrogens with zero attached hydrogens (tertiary/aromatic N) is 4. The number of aromatic nitrogens is 4. The molecule has 5 heteroatoms. The second kappa shape index (κ2) is 4.68. The smallest absolute Gasteiger partial charge is 0.0908 e. The monoisotopic (exact) mass is 265 g/mol. The summed E-state index contributed by atoms with van der Waals surface area (Å²) in [6.45, 7) is 0.838. The zero-order valence-corrected chi connectivity index (χ0v) is 11.0. The summed E-state index contributed by atoms with van der Waals surface area (Å²) in [5, 5.41) is 8.06. The topological polar surface area (TPSA) is 55.6 Å². The van der Waals surface area contributed by atoms with Crippen LogP contribution in [0.25, 0.3) is 16.7 Å². The van der Waals surface area contributed by atoms with Crippen molar-refractivity contribution >= 4 is 11.0 Å². The van der Waals surface area contributed by atoms with Crippen LogP contribution in [0.4, 0.5) is 0 Å². The summed E-state index contributed by atoms with van der Waals surface area (Å²) in [4.78, 5) is 8.60. The second-order valence-electron chi connectivity index (χ2n) is 5.14. The molecule has 0 aliphatic heterocycles. The molecule has 0 radical (unpaired) electrons. The summed E-state index contributed by atoms with van der Waals surface area (Å²) in [5.74, 6) is 0. The molecule has 2 heterocycles. The van der Waals surface area contributed by atoms with E-state index in [0.717, 1.165) is 29.0 Å². The average Bonchev–Trinajstić information content (AvgIpc) is 3.21. The van der Waals surface area contributed by atoms with Gasteiger partial charge >= 0.3 is 0 Å². The molecule has 1 aliphatic carbocycles. The van der Waals surface area contributed by atoms with Gasteiger partial charge in [0.15, 0.2) is 0 Å². The van der Waals surface area contributed by atoms with Crippen LogP contribution in [-0.4, -0.2) is 25.8 Å². The third-order valence-electron chi connectivity index (χ3n) is 3.51. The van der Waals surface area contributed by atoms with Gasteiger partial charge in [0.1, 0.15) is 0 Å². The molecule has 0 unspecified atom stereocenters. The largest absolute Gasteiger partial charge is 0.308 e. The maximum atomic E-state index is 4.59. The molecule has 1 saturated carbocycles.